The summed E-state index contributed by atoms with van der Waals surface area (Å²) < 4.78 is 19.9. The maximum absolute atomic E-state index is 13.5. The van der Waals surface area contributed by atoms with Gasteiger partial charge >= 0.3 is 13.0 Å². The lowest BCUT2D eigenvalue weighted by Crippen LogP contribution is -2.66. The molecule has 0 unspecified atom stereocenters. The van der Waals surface area contributed by atoms with E-state index in [1.807, 2.05) is 37.3 Å². The van der Waals surface area contributed by atoms with Crippen LogP contribution < -0.4 is 10.4 Å². The molecule has 2 atom stereocenters. The fraction of sp³-hybridized carbons (Fsp3) is 0.447. The summed E-state index contributed by atoms with van der Waals surface area (Å²) in [6, 6.07) is 31.2. The van der Waals surface area contributed by atoms with E-state index < -0.39 is 8.32 Å². The molecule has 45 heavy (non-hydrogen) atoms. The standard InChI is InChI=1S/C38H52BNO4Si/c1-7-9-28-39(29-10-8-2)44-35(40-31(3)36(43-37(40)41)32-21-14-11-15-22-32)27-20-30-42-45(38(4,5)6,33-23-16-12-17-24-33)34-25-18-13-19-26-34/h11-19,21-27,31,36H,7-10,20,28-30H2,1-6H3/b35-27-/t31-,36-/m0/s1. The quantitative estimate of drug-likeness (QED) is 0.0906. The lowest BCUT2D eigenvalue weighted by molar-refractivity contribution is 0.129. The van der Waals surface area contributed by atoms with E-state index in [2.05, 4.69) is 101 Å². The van der Waals surface area contributed by atoms with Crippen molar-refractivity contribution >= 4 is 31.7 Å². The fourth-order valence-electron chi connectivity index (χ4n) is 6.50. The van der Waals surface area contributed by atoms with Crippen LogP contribution in [0.15, 0.2) is 103 Å². The molecule has 0 saturated carbocycles. The highest BCUT2D eigenvalue weighted by atomic mass is 28.4. The molecule has 0 N–H and O–H groups in total. The largest absolute Gasteiger partial charge is 0.549 e. The summed E-state index contributed by atoms with van der Waals surface area (Å²) in [6.07, 6.45) is 8.28. The van der Waals surface area contributed by atoms with Gasteiger partial charge in [0.1, 0.15) is 6.10 Å². The van der Waals surface area contributed by atoms with Gasteiger partial charge in [-0.25, -0.2) is 9.69 Å². The molecule has 7 heteroatoms. The Morgan fingerprint density at radius 3 is 1.87 bits per heavy atom. The lowest BCUT2D eigenvalue weighted by Gasteiger charge is -2.43. The molecule has 0 aliphatic carbocycles. The number of amides is 1. The summed E-state index contributed by atoms with van der Waals surface area (Å²) in [4.78, 5) is 15.2. The zero-order chi connectivity index (χ0) is 32.3. The van der Waals surface area contributed by atoms with Crippen molar-refractivity contribution in [3.05, 3.63) is 109 Å². The Labute approximate surface area is 273 Å². The van der Waals surface area contributed by atoms with Gasteiger partial charge in [-0.2, -0.15) is 0 Å². The van der Waals surface area contributed by atoms with Crippen molar-refractivity contribution in [2.45, 2.75) is 103 Å². The predicted molar refractivity (Wildman–Crippen MR) is 190 cm³/mol. The Morgan fingerprint density at radius 2 is 1.38 bits per heavy atom. The van der Waals surface area contributed by atoms with Gasteiger partial charge in [0, 0.05) is 6.61 Å². The minimum atomic E-state index is -2.68. The maximum atomic E-state index is 13.5. The SMILES string of the molecule is CCCCB(CCCC)O/C(=C\CCO[Si](c1ccccc1)(c1ccccc1)C(C)(C)C)N1C(=O)O[C@H](c2ccccc2)[C@@H]1C. The van der Waals surface area contributed by atoms with Gasteiger partial charge in [0.05, 0.1) is 6.04 Å². The van der Waals surface area contributed by atoms with E-state index in [0.717, 1.165) is 43.9 Å². The highest BCUT2D eigenvalue weighted by Gasteiger charge is 2.50. The van der Waals surface area contributed by atoms with E-state index >= 15 is 0 Å². The normalized spacial score (nSPS) is 17.3. The van der Waals surface area contributed by atoms with Crippen LogP contribution in [0.5, 0.6) is 0 Å². The molecule has 1 aliphatic rings. The molecule has 1 heterocycles. The first-order valence-electron chi connectivity index (χ1n) is 16.9. The van der Waals surface area contributed by atoms with Crippen molar-refractivity contribution in [3.8, 4) is 0 Å². The predicted octanol–water partition coefficient (Wildman–Crippen LogP) is 8.98. The number of rotatable bonds is 16. The Morgan fingerprint density at radius 1 is 0.867 bits per heavy atom. The van der Waals surface area contributed by atoms with Crippen LogP contribution in [0.1, 0.15) is 85.3 Å². The number of unbranched alkanes of at least 4 members (excludes halogenated alkanes) is 2. The first kappa shape index (κ1) is 34.6. The number of carbonyl (C=O) groups excluding carboxylic acids is 1. The van der Waals surface area contributed by atoms with E-state index in [1.54, 1.807) is 4.90 Å². The van der Waals surface area contributed by atoms with Crippen molar-refractivity contribution in [2.24, 2.45) is 0 Å². The summed E-state index contributed by atoms with van der Waals surface area (Å²) in [5.74, 6) is 0.592. The van der Waals surface area contributed by atoms with Gasteiger partial charge in [-0.05, 0) is 53.0 Å². The third-order valence-corrected chi connectivity index (χ3v) is 13.9. The molecular formula is C38H52BNO4Si. The minimum Gasteiger partial charge on any atom is -0.549 e. The van der Waals surface area contributed by atoms with Gasteiger partial charge in [-0.3, -0.25) is 0 Å². The van der Waals surface area contributed by atoms with Gasteiger partial charge in [0.15, 0.2) is 5.88 Å². The Hall–Kier alpha value is -3.29. The molecule has 1 amide bonds. The third-order valence-electron chi connectivity index (χ3n) is 8.85. The number of nitrogens with zero attached hydrogens (tertiary/aromatic N) is 1. The first-order valence-corrected chi connectivity index (χ1v) is 18.8. The molecule has 0 bridgehead atoms. The van der Waals surface area contributed by atoms with Gasteiger partial charge < -0.3 is 13.8 Å². The summed E-state index contributed by atoms with van der Waals surface area (Å²) in [7, 11) is -2.68. The zero-order valence-electron chi connectivity index (χ0n) is 28.2. The van der Waals surface area contributed by atoms with Crippen molar-refractivity contribution in [3.63, 3.8) is 0 Å². The smallest absolute Gasteiger partial charge is 0.417 e. The van der Waals surface area contributed by atoms with Crippen molar-refractivity contribution < 1.29 is 18.6 Å². The van der Waals surface area contributed by atoms with Gasteiger partial charge in [0.25, 0.3) is 8.32 Å². The molecule has 0 radical (unpaired) electrons. The van der Waals surface area contributed by atoms with E-state index in [4.69, 9.17) is 13.8 Å². The average Bonchev–Trinajstić information content (AvgIpc) is 3.35. The van der Waals surface area contributed by atoms with Crippen LogP contribution in [0, 0.1) is 0 Å². The van der Waals surface area contributed by atoms with Crippen LogP contribution in [-0.4, -0.2) is 38.9 Å². The van der Waals surface area contributed by atoms with Crippen LogP contribution >= 0.6 is 0 Å². The second-order valence-electron chi connectivity index (χ2n) is 13.2. The van der Waals surface area contributed by atoms with Gasteiger partial charge in [-0.1, -0.05) is 151 Å². The minimum absolute atomic E-state index is 0.0459. The van der Waals surface area contributed by atoms with Crippen LogP contribution in [0.25, 0.3) is 0 Å². The molecular weight excluding hydrogens is 573 g/mol. The highest BCUT2D eigenvalue weighted by Crippen LogP contribution is 2.38. The van der Waals surface area contributed by atoms with E-state index in [-0.39, 0.29) is 30.2 Å². The van der Waals surface area contributed by atoms with E-state index in [9.17, 15) is 4.79 Å². The van der Waals surface area contributed by atoms with Crippen LogP contribution in [0.3, 0.4) is 0 Å². The number of benzene rings is 3. The summed E-state index contributed by atoms with van der Waals surface area (Å²) in [5, 5.41) is 2.40. The van der Waals surface area contributed by atoms with Crippen molar-refractivity contribution in [1.82, 2.24) is 4.90 Å². The molecule has 1 fully saturated rings. The second-order valence-corrected chi connectivity index (χ2v) is 17.5. The molecule has 3 aromatic carbocycles. The third kappa shape index (κ3) is 8.30. The molecule has 1 aliphatic heterocycles. The number of hydrogen-bond acceptors (Lipinski definition) is 4. The number of cyclic esters (lactones) is 1. The van der Waals surface area contributed by atoms with Crippen LogP contribution in [0.2, 0.25) is 17.7 Å². The molecule has 3 aromatic rings. The Kier molecular flexibility index (Phi) is 12.5. The lowest BCUT2D eigenvalue weighted by atomic mass is 9.59. The topological polar surface area (TPSA) is 48.0 Å². The van der Waals surface area contributed by atoms with Crippen LogP contribution in [0.4, 0.5) is 4.79 Å². The van der Waals surface area contributed by atoms with E-state index in [1.165, 1.54) is 10.4 Å². The van der Waals surface area contributed by atoms with Crippen LogP contribution in [-0.2, 0) is 13.8 Å². The molecule has 4 rings (SSSR count). The highest BCUT2D eigenvalue weighted by molar-refractivity contribution is 6.99. The molecule has 0 spiro atoms. The molecule has 0 aromatic heterocycles. The van der Waals surface area contributed by atoms with Crippen molar-refractivity contribution in [2.75, 3.05) is 6.61 Å². The maximum Gasteiger partial charge on any atom is 0.417 e. The summed E-state index contributed by atoms with van der Waals surface area (Å²) >= 11 is 0. The first-order chi connectivity index (χ1) is 21.7. The van der Waals surface area contributed by atoms with Gasteiger partial charge in [-0.15, -0.1) is 0 Å². The number of hydrogen-bond donors (Lipinski definition) is 0. The van der Waals surface area contributed by atoms with Crippen molar-refractivity contribution in [1.29, 1.82) is 0 Å². The monoisotopic (exact) mass is 625 g/mol. The Bertz CT molecular complexity index is 1300. The second kappa shape index (κ2) is 16.3. The number of ether oxygens (including phenoxy) is 1. The summed E-state index contributed by atoms with van der Waals surface area (Å²) in [6.45, 7) is 13.9. The van der Waals surface area contributed by atoms with E-state index in [0.29, 0.717) is 18.9 Å². The van der Waals surface area contributed by atoms with Gasteiger partial charge in [0.2, 0.25) is 0 Å². The average molecular weight is 626 g/mol. The fourth-order valence-corrected chi connectivity index (χ4v) is 11.1. The summed E-state index contributed by atoms with van der Waals surface area (Å²) in [5.41, 5.74) is 0.990. The molecule has 240 valence electrons. The zero-order valence-corrected chi connectivity index (χ0v) is 29.2. The Balaban J connectivity index is 1.65. The molecule has 5 nitrogen and oxygen atoms in total. The molecule has 1 saturated heterocycles. The number of carbonyl (C=O) groups is 1.